The number of hydrogen-bond acceptors (Lipinski definition) is 3. The fourth-order valence-electron chi connectivity index (χ4n) is 4.03. The summed E-state index contributed by atoms with van der Waals surface area (Å²) in [6.07, 6.45) is 0.958. The van der Waals surface area contributed by atoms with Crippen LogP contribution in [0.5, 0.6) is 0 Å². The highest BCUT2D eigenvalue weighted by molar-refractivity contribution is 7.89. The first-order valence-corrected chi connectivity index (χ1v) is 12.7. The van der Waals surface area contributed by atoms with Crippen molar-refractivity contribution in [3.63, 3.8) is 0 Å². The van der Waals surface area contributed by atoms with E-state index < -0.39 is 10.0 Å². The third kappa shape index (κ3) is 4.79. The molecular weight excluding hydrogens is 467 g/mol. The number of carbonyl (C=O) groups excluding carboxylic acids is 1. The van der Waals surface area contributed by atoms with Gasteiger partial charge in [-0.2, -0.15) is 4.31 Å². The maximum atomic E-state index is 13.1. The van der Waals surface area contributed by atoms with Crippen molar-refractivity contribution in [3.8, 4) is 0 Å². The molecule has 0 aromatic heterocycles. The lowest BCUT2D eigenvalue weighted by atomic mass is 9.96. The summed E-state index contributed by atoms with van der Waals surface area (Å²) in [5.74, 6) is -0.311. The van der Waals surface area contributed by atoms with E-state index in [1.54, 1.807) is 24.3 Å². The SMILES string of the molecule is CC(NC(=O)C1CCN(S(=O)(=O)c2ccc3ccccc3c2)CC1)c1ccc(Cl)c(Cl)c1. The Bertz CT molecular complexity index is 1260. The molecule has 1 aliphatic heterocycles. The van der Waals surface area contributed by atoms with Gasteiger partial charge in [0.05, 0.1) is 21.0 Å². The smallest absolute Gasteiger partial charge is 0.243 e. The highest BCUT2D eigenvalue weighted by atomic mass is 35.5. The lowest BCUT2D eigenvalue weighted by molar-refractivity contribution is -0.126. The molecule has 0 saturated carbocycles. The highest BCUT2D eigenvalue weighted by Crippen LogP contribution is 2.28. The van der Waals surface area contributed by atoms with E-state index in [1.165, 1.54) is 4.31 Å². The number of amides is 1. The predicted octanol–water partition coefficient (Wildman–Crippen LogP) is 5.42. The number of nitrogens with one attached hydrogen (secondary N) is 1. The summed E-state index contributed by atoms with van der Waals surface area (Å²) in [4.78, 5) is 13.1. The van der Waals surface area contributed by atoms with Crippen LogP contribution >= 0.6 is 23.2 Å². The van der Waals surface area contributed by atoms with Crippen LogP contribution in [0.2, 0.25) is 10.0 Å². The molecule has 4 rings (SSSR count). The van der Waals surface area contributed by atoms with Gasteiger partial charge in [0.2, 0.25) is 15.9 Å². The Morgan fingerprint density at radius 3 is 2.34 bits per heavy atom. The summed E-state index contributed by atoms with van der Waals surface area (Å²) in [5, 5.41) is 5.80. The van der Waals surface area contributed by atoms with Crippen LogP contribution in [-0.2, 0) is 14.8 Å². The predicted molar refractivity (Wildman–Crippen MR) is 128 cm³/mol. The number of sulfonamides is 1. The third-order valence-electron chi connectivity index (χ3n) is 5.99. The van der Waals surface area contributed by atoms with Crippen LogP contribution in [0.4, 0.5) is 0 Å². The zero-order chi connectivity index (χ0) is 22.9. The molecule has 1 fully saturated rings. The van der Waals surface area contributed by atoms with Gasteiger partial charge in [0, 0.05) is 19.0 Å². The van der Waals surface area contributed by atoms with Gasteiger partial charge in [0.1, 0.15) is 0 Å². The second-order valence-electron chi connectivity index (χ2n) is 8.09. The molecule has 168 valence electrons. The van der Waals surface area contributed by atoms with Gasteiger partial charge in [-0.1, -0.05) is 59.6 Å². The first-order chi connectivity index (χ1) is 15.3. The van der Waals surface area contributed by atoms with Gasteiger partial charge in [0.15, 0.2) is 0 Å². The van der Waals surface area contributed by atoms with Crippen molar-refractivity contribution in [2.75, 3.05) is 13.1 Å². The molecule has 1 aliphatic rings. The lowest BCUT2D eigenvalue weighted by Gasteiger charge is -2.31. The molecule has 0 bridgehead atoms. The van der Waals surface area contributed by atoms with E-state index in [1.807, 2.05) is 43.3 Å². The molecule has 0 radical (unpaired) electrons. The molecule has 1 heterocycles. The summed E-state index contributed by atoms with van der Waals surface area (Å²) < 4.78 is 27.7. The van der Waals surface area contributed by atoms with Crippen molar-refractivity contribution in [1.29, 1.82) is 0 Å². The zero-order valence-corrected chi connectivity index (χ0v) is 19.9. The number of fused-ring (bicyclic) bond motifs is 1. The Morgan fingerprint density at radius 2 is 1.66 bits per heavy atom. The Hall–Kier alpha value is -2.12. The average Bonchev–Trinajstić information content (AvgIpc) is 2.80. The van der Waals surface area contributed by atoms with E-state index in [4.69, 9.17) is 23.2 Å². The standard InChI is InChI=1S/C24H24Cl2N2O3S/c1-16(19-7-9-22(25)23(26)15-19)27-24(29)18-10-12-28(13-11-18)32(30,31)21-8-6-17-4-2-3-5-20(17)14-21/h2-9,14-16,18H,10-13H2,1H3,(H,27,29). The molecule has 8 heteroatoms. The molecule has 0 spiro atoms. The summed E-state index contributed by atoms with van der Waals surface area (Å²) in [6.45, 7) is 2.51. The second kappa shape index (κ2) is 9.40. The van der Waals surface area contributed by atoms with Gasteiger partial charge in [-0.25, -0.2) is 8.42 Å². The van der Waals surface area contributed by atoms with Gasteiger partial charge in [0.25, 0.3) is 0 Å². The van der Waals surface area contributed by atoms with Crippen LogP contribution in [0.25, 0.3) is 10.8 Å². The number of nitrogens with zero attached hydrogens (tertiary/aromatic N) is 1. The molecule has 1 saturated heterocycles. The molecule has 5 nitrogen and oxygen atoms in total. The number of piperidine rings is 1. The number of rotatable bonds is 5. The summed E-state index contributed by atoms with van der Waals surface area (Å²) in [5.41, 5.74) is 0.865. The Kier molecular flexibility index (Phi) is 6.77. The molecule has 32 heavy (non-hydrogen) atoms. The number of benzene rings is 3. The fourth-order valence-corrected chi connectivity index (χ4v) is 5.84. The minimum Gasteiger partial charge on any atom is -0.349 e. The average molecular weight is 491 g/mol. The van der Waals surface area contributed by atoms with Crippen molar-refractivity contribution in [3.05, 3.63) is 76.3 Å². The number of halogens is 2. The molecule has 1 atom stereocenters. The largest absolute Gasteiger partial charge is 0.349 e. The minimum absolute atomic E-state index is 0.0775. The first kappa shape index (κ1) is 23.1. The van der Waals surface area contributed by atoms with E-state index >= 15 is 0 Å². The Morgan fingerprint density at radius 1 is 0.969 bits per heavy atom. The van der Waals surface area contributed by atoms with Crippen LogP contribution < -0.4 is 5.32 Å². The first-order valence-electron chi connectivity index (χ1n) is 10.5. The maximum absolute atomic E-state index is 13.1. The van der Waals surface area contributed by atoms with Gasteiger partial charge in [-0.05, 0) is 60.4 Å². The van der Waals surface area contributed by atoms with E-state index in [9.17, 15) is 13.2 Å². The number of hydrogen-bond donors (Lipinski definition) is 1. The second-order valence-corrected chi connectivity index (χ2v) is 10.8. The van der Waals surface area contributed by atoms with Gasteiger partial charge in [-0.15, -0.1) is 0 Å². The van der Waals surface area contributed by atoms with Crippen LogP contribution in [0.1, 0.15) is 31.4 Å². The molecule has 3 aromatic rings. The van der Waals surface area contributed by atoms with Gasteiger partial charge < -0.3 is 5.32 Å². The van der Waals surface area contributed by atoms with Crippen LogP contribution in [0, 0.1) is 5.92 Å². The summed E-state index contributed by atoms with van der Waals surface area (Å²) in [6, 6.07) is 17.9. The van der Waals surface area contributed by atoms with Gasteiger partial charge in [-0.3, -0.25) is 4.79 Å². The molecule has 1 N–H and O–H groups in total. The molecular formula is C24H24Cl2N2O3S. The molecule has 3 aromatic carbocycles. The lowest BCUT2D eigenvalue weighted by Crippen LogP contribution is -2.43. The quantitative estimate of drug-likeness (QED) is 0.518. The van der Waals surface area contributed by atoms with E-state index in [2.05, 4.69) is 5.32 Å². The fraction of sp³-hybridized carbons (Fsp3) is 0.292. The van der Waals surface area contributed by atoms with Crippen LogP contribution in [-0.4, -0.2) is 31.7 Å². The van der Waals surface area contributed by atoms with Crippen LogP contribution in [0.3, 0.4) is 0 Å². The van der Waals surface area contributed by atoms with E-state index in [0.717, 1.165) is 16.3 Å². The van der Waals surface area contributed by atoms with Crippen molar-refractivity contribution < 1.29 is 13.2 Å². The molecule has 0 aliphatic carbocycles. The normalized spacial score (nSPS) is 16.7. The zero-order valence-electron chi connectivity index (χ0n) is 17.6. The maximum Gasteiger partial charge on any atom is 0.243 e. The van der Waals surface area contributed by atoms with E-state index in [-0.39, 0.29) is 22.8 Å². The minimum atomic E-state index is -3.60. The van der Waals surface area contributed by atoms with Crippen molar-refractivity contribution in [1.82, 2.24) is 9.62 Å². The molecule has 1 unspecified atom stereocenters. The highest BCUT2D eigenvalue weighted by Gasteiger charge is 2.32. The number of carbonyl (C=O) groups is 1. The van der Waals surface area contributed by atoms with Crippen LogP contribution in [0.15, 0.2) is 65.6 Å². The van der Waals surface area contributed by atoms with Crippen molar-refractivity contribution in [2.24, 2.45) is 5.92 Å². The Balaban J connectivity index is 1.39. The van der Waals surface area contributed by atoms with Crippen molar-refractivity contribution in [2.45, 2.75) is 30.7 Å². The van der Waals surface area contributed by atoms with Gasteiger partial charge >= 0.3 is 0 Å². The monoisotopic (exact) mass is 490 g/mol. The van der Waals surface area contributed by atoms with E-state index in [0.29, 0.717) is 36.0 Å². The Labute approximate surface area is 198 Å². The topological polar surface area (TPSA) is 66.5 Å². The van der Waals surface area contributed by atoms with Crippen molar-refractivity contribution >= 4 is 49.9 Å². The summed E-state index contributed by atoms with van der Waals surface area (Å²) in [7, 11) is -3.60. The summed E-state index contributed by atoms with van der Waals surface area (Å²) >= 11 is 12.0. The third-order valence-corrected chi connectivity index (χ3v) is 8.62. The molecule has 1 amide bonds.